The summed E-state index contributed by atoms with van der Waals surface area (Å²) in [6, 6.07) is 6.29. The van der Waals surface area contributed by atoms with Crippen LogP contribution in [0.2, 0.25) is 0 Å². The van der Waals surface area contributed by atoms with Gasteiger partial charge < -0.3 is 9.84 Å². The van der Waals surface area contributed by atoms with E-state index in [2.05, 4.69) is 18.7 Å². The summed E-state index contributed by atoms with van der Waals surface area (Å²) >= 11 is 0. The highest BCUT2D eigenvalue weighted by atomic mass is 16.5. The van der Waals surface area contributed by atoms with E-state index >= 15 is 0 Å². The Morgan fingerprint density at radius 1 is 1.39 bits per heavy atom. The molecule has 1 aliphatic rings. The van der Waals surface area contributed by atoms with Crippen molar-refractivity contribution < 1.29 is 9.84 Å². The molecule has 0 amide bonds. The van der Waals surface area contributed by atoms with Crippen LogP contribution in [0, 0.1) is 5.92 Å². The summed E-state index contributed by atoms with van der Waals surface area (Å²) in [5.41, 5.74) is 1.15. The van der Waals surface area contributed by atoms with Crippen LogP contribution in [-0.2, 0) is 6.54 Å². The van der Waals surface area contributed by atoms with Gasteiger partial charge in [-0.1, -0.05) is 13.0 Å². The Bertz CT molecular complexity index is 405. The van der Waals surface area contributed by atoms with Crippen LogP contribution in [0.5, 0.6) is 11.5 Å². The van der Waals surface area contributed by atoms with Crippen molar-refractivity contribution in [1.29, 1.82) is 0 Å². The first-order valence-electron chi connectivity index (χ1n) is 6.71. The summed E-state index contributed by atoms with van der Waals surface area (Å²) in [5, 5.41) is 9.80. The van der Waals surface area contributed by atoms with Gasteiger partial charge in [-0.05, 0) is 49.9 Å². The summed E-state index contributed by atoms with van der Waals surface area (Å²) in [7, 11) is 1.57. The minimum absolute atomic E-state index is 0.229. The second-order valence-corrected chi connectivity index (χ2v) is 5.34. The second kappa shape index (κ2) is 5.61. The minimum atomic E-state index is 0.229. The molecule has 0 bridgehead atoms. The molecule has 2 rings (SSSR count). The second-order valence-electron chi connectivity index (χ2n) is 5.34. The summed E-state index contributed by atoms with van der Waals surface area (Å²) in [6.07, 6.45) is 2.60. The maximum atomic E-state index is 9.80. The molecule has 100 valence electrons. The fourth-order valence-electron chi connectivity index (χ4n) is 2.71. The van der Waals surface area contributed by atoms with Gasteiger partial charge in [0.25, 0.3) is 0 Å². The summed E-state index contributed by atoms with van der Waals surface area (Å²) in [6.45, 7) is 6.68. The zero-order chi connectivity index (χ0) is 13.1. The molecule has 1 aromatic carbocycles. The Kier molecular flexibility index (Phi) is 4.12. The van der Waals surface area contributed by atoms with Gasteiger partial charge in [-0.25, -0.2) is 0 Å². The Labute approximate surface area is 109 Å². The Balaban J connectivity index is 2.06. The molecule has 0 aliphatic carbocycles. The normalized spacial score (nSPS) is 25.1. The van der Waals surface area contributed by atoms with E-state index in [0.29, 0.717) is 11.8 Å². The molecule has 2 unspecified atom stereocenters. The number of methoxy groups -OCH3 is 1. The van der Waals surface area contributed by atoms with E-state index in [9.17, 15) is 5.11 Å². The van der Waals surface area contributed by atoms with E-state index in [1.807, 2.05) is 18.2 Å². The summed E-state index contributed by atoms with van der Waals surface area (Å²) < 4.78 is 5.06. The predicted octanol–water partition coefficient (Wildman–Crippen LogP) is 3.02. The highest BCUT2D eigenvalue weighted by Crippen LogP contribution is 2.29. The molecule has 2 atom stereocenters. The van der Waals surface area contributed by atoms with E-state index in [-0.39, 0.29) is 5.75 Å². The van der Waals surface area contributed by atoms with Crippen molar-refractivity contribution in [3.63, 3.8) is 0 Å². The molecule has 1 fully saturated rings. The van der Waals surface area contributed by atoms with Crippen LogP contribution in [-0.4, -0.2) is 29.7 Å². The Morgan fingerprint density at radius 3 is 2.83 bits per heavy atom. The first-order valence-corrected chi connectivity index (χ1v) is 6.71. The zero-order valence-electron chi connectivity index (χ0n) is 11.5. The molecule has 1 saturated heterocycles. The number of aromatic hydroxyl groups is 1. The number of rotatable bonds is 3. The number of hydrogen-bond acceptors (Lipinski definition) is 3. The summed E-state index contributed by atoms with van der Waals surface area (Å²) in [4.78, 5) is 2.50. The molecular formula is C15H23NO2. The van der Waals surface area contributed by atoms with Crippen LogP contribution in [0.15, 0.2) is 18.2 Å². The van der Waals surface area contributed by atoms with Crippen LogP contribution >= 0.6 is 0 Å². The standard InChI is InChI=1S/C15H23NO2/c1-11-5-4-8-16(12(11)2)10-13-6-7-15(18-3)14(17)9-13/h6-7,9,11-12,17H,4-5,8,10H2,1-3H3. The lowest BCUT2D eigenvalue weighted by Gasteiger charge is -2.38. The lowest BCUT2D eigenvalue weighted by Crippen LogP contribution is -2.41. The first-order chi connectivity index (χ1) is 8.61. The van der Waals surface area contributed by atoms with Crippen molar-refractivity contribution in [1.82, 2.24) is 4.90 Å². The molecule has 1 aliphatic heterocycles. The van der Waals surface area contributed by atoms with Crippen molar-refractivity contribution in [3.8, 4) is 11.5 Å². The number of ether oxygens (including phenoxy) is 1. The number of likely N-dealkylation sites (tertiary alicyclic amines) is 1. The lowest BCUT2D eigenvalue weighted by molar-refractivity contribution is 0.106. The van der Waals surface area contributed by atoms with E-state index in [1.165, 1.54) is 12.8 Å². The van der Waals surface area contributed by atoms with Gasteiger partial charge in [-0.2, -0.15) is 0 Å². The third-order valence-electron chi connectivity index (χ3n) is 4.13. The van der Waals surface area contributed by atoms with Crippen LogP contribution in [0.4, 0.5) is 0 Å². The van der Waals surface area contributed by atoms with Crippen molar-refractivity contribution in [2.24, 2.45) is 5.92 Å². The van der Waals surface area contributed by atoms with E-state index in [1.54, 1.807) is 7.11 Å². The maximum absolute atomic E-state index is 9.80. The van der Waals surface area contributed by atoms with Crippen molar-refractivity contribution in [2.75, 3.05) is 13.7 Å². The van der Waals surface area contributed by atoms with Gasteiger partial charge in [0.05, 0.1) is 7.11 Å². The molecule has 0 spiro atoms. The van der Waals surface area contributed by atoms with E-state index in [4.69, 9.17) is 4.74 Å². The fraction of sp³-hybridized carbons (Fsp3) is 0.600. The average Bonchev–Trinajstić information content (AvgIpc) is 2.35. The van der Waals surface area contributed by atoms with Crippen molar-refractivity contribution >= 4 is 0 Å². The zero-order valence-corrected chi connectivity index (χ0v) is 11.5. The molecule has 0 saturated carbocycles. The minimum Gasteiger partial charge on any atom is -0.504 e. The van der Waals surface area contributed by atoms with Gasteiger partial charge in [-0.15, -0.1) is 0 Å². The van der Waals surface area contributed by atoms with Crippen LogP contribution in [0.25, 0.3) is 0 Å². The van der Waals surface area contributed by atoms with Crippen LogP contribution in [0.1, 0.15) is 32.3 Å². The molecule has 18 heavy (non-hydrogen) atoms. The SMILES string of the molecule is COc1ccc(CN2CCCC(C)C2C)cc1O. The molecule has 1 N–H and O–H groups in total. The number of nitrogens with zero attached hydrogens (tertiary/aromatic N) is 1. The smallest absolute Gasteiger partial charge is 0.160 e. The largest absolute Gasteiger partial charge is 0.504 e. The van der Waals surface area contributed by atoms with Gasteiger partial charge in [0.1, 0.15) is 0 Å². The quantitative estimate of drug-likeness (QED) is 0.893. The number of hydrogen-bond donors (Lipinski definition) is 1. The molecule has 0 aromatic heterocycles. The van der Waals surface area contributed by atoms with Crippen LogP contribution < -0.4 is 4.74 Å². The molecule has 1 aromatic rings. The van der Waals surface area contributed by atoms with Crippen molar-refractivity contribution in [3.05, 3.63) is 23.8 Å². The Morgan fingerprint density at radius 2 is 2.17 bits per heavy atom. The van der Waals surface area contributed by atoms with E-state index in [0.717, 1.165) is 24.6 Å². The number of phenolic OH excluding ortho intramolecular Hbond substituents is 1. The lowest BCUT2D eigenvalue weighted by atomic mass is 9.92. The molecule has 1 heterocycles. The van der Waals surface area contributed by atoms with Gasteiger partial charge >= 0.3 is 0 Å². The Hall–Kier alpha value is -1.22. The number of benzene rings is 1. The summed E-state index contributed by atoms with van der Waals surface area (Å²) in [5.74, 6) is 1.53. The predicted molar refractivity (Wildman–Crippen MR) is 72.9 cm³/mol. The molecule has 3 heteroatoms. The van der Waals surface area contributed by atoms with Gasteiger partial charge in [0.15, 0.2) is 11.5 Å². The highest BCUT2D eigenvalue weighted by Gasteiger charge is 2.24. The number of phenols is 1. The highest BCUT2D eigenvalue weighted by molar-refractivity contribution is 5.41. The molecule has 3 nitrogen and oxygen atoms in total. The van der Waals surface area contributed by atoms with Crippen LogP contribution in [0.3, 0.4) is 0 Å². The van der Waals surface area contributed by atoms with Gasteiger partial charge in [0, 0.05) is 12.6 Å². The molecular weight excluding hydrogens is 226 g/mol. The maximum Gasteiger partial charge on any atom is 0.160 e. The third kappa shape index (κ3) is 2.78. The van der Waals surface area contributed by atoms with Gasteiger partial charge in [-0.3, -0.25) is 4.90 Å². The monoisotopic (exact) mass is 249 g/mol. The van der Waals surface area contributed by atoms with E-state index < -0.39 is 0 Å². The van der Waals surface area contributed by atoms with Gasteiger partial charge in [0.2, 0.25) is 0 Å². The van der Waals surface area contributed by atoms with Crippen molar-refractivity contribution in [2.45, 2.75) is 39.3 Å². The number of piperidine rings is 1. The fourth-order valence-corrected chi connectivity index (χ4v) is 2.71. The molecule has 0 radical (unpaired) electrons. The third-order valence-corrected chi connectivity index (χ3v) is 4.13. The first kappa shape index (κ1) is 13.2. The topological polar surface area (TPSA) is 32.7 Å². The average molecular weight is 249 g/mol.